The van der Waals surface area contributed by atoms with E-state index in [4.69, 9.17) is 26.1 Å². The number of nitrogens with one attached hydrogen (secondary N) is 1. The summed E-state index contributed by atoms with van der Waals surface area (Å²) in [6, 6.07) is 20.3. The first-order valence-electron chi connectivity index (χ1n) is 10.8. The number of piperazine rings is 1. The molecule has 1 saturated heterocycles. The van der Waals surface area contributed by atoms with Crippen LogP contribution >= 0.6 is 11.6 Å². The summed E-state index contributed by atoms with van der Waals surface area (Å²) in [5.74, 6) is 2.67. The van der Waals surface area contributed by atoms with Crippen molar-refractivity contribution in [1.82, 2.24) is 9.80 Å². The average Bonchev–Trinajstić information content (AvgIpc) is 3.21. The Morgan fingerprint density at radius 1 is 0.875 bits per heavy atom. The second-order valence-electron chi connectivity index (χ2n) is 8.22. The van der Waals surface area contributed by atoms with E-state index in [2.05, 4.69) is 39.4 Å². The van der Waals surface area contributed by atoms with Crippen molar-refractivity contribution >= 4 is 34.5 Å². The van der Waals surface area contributed by atoms with Crippen molar-refractivity contribution in [1.29, 1.82) is 0 Å². The van der Waals surface area contributed by atoms with Crippen LogP contribution in [-0.2, 0) is 6.54 Å². The third kappa shape index (κ3) is 3.66. The number of fused-ring (bicyclic) bond motifs is 3. The fourth-order valence-corrected chi connectivity index (χ4v) is 4.64. The van der Waals surface area contributed by atoms with Gasteiger partial charge in [0.05, 0.1) is 17.1 Å². The van der Waals surface area contributed by atoms with Gasteiger partial charge in [-0.15, -0.1) is 0 Å². The number of amidine groups is 1. The molecule has 0 aliphatic carbocycles. The molecule has 0 atom stereocenters. The van der Waals surface area contributed by atoms with E-state index in [1.165, 1.54) is 5.56 Å². The maximum Gasteiger partial charge on any atom is 0.231 e. The number of nitrogens with zero attached hydrogens (tertiary/aromatic N) is 3. The summed E-state index contributed by atoms with van der Waals surface area (Å²) >= 11 is 6.30. The molecular weight excluding hydrogens is 424 g/mol. The number of hydrogen-bond donors (Lipinski definition) is 1. The van der Waals surface area contributed by atoms with Gasteiger partial charge in [0.2, 0.25) is 6.79 Å². The molecular formula is C25H23ClN4O2. The molecule has 0 amide bonds. The van der Waals surface area contributed by atoms with Gasteiger partial charge in [0, 0.05) is 43.3 Å². The van der Waals surface area contributed by atoms with Crippen molar-refractivity contribution in [2.45, 2.75) is 6.54 Å². The molecule has 7 heteroatoms. The van der Waals surface area contributed by atoms with Crippen molar-refractivity contribution < 1.29 is 9.47 Å². The number of anilines is 2. The third-order valence-electron chi connectivity index (χ3n) is 6.14. The maximum absolute atomic E-state index is 6.30. The van der Waals surface area contributed by atoms with E-state index in [0.717, 1.165) is 72.7 Å². The van der Waals surface area contributed by atoms with Gasteiger partial charge >= 0.3 is 0 Å². The van der Waals surface area contributed by atoms with Gasteiger partial charge in [0.25, 0.3) is 0 Å². The second-order valence-corrected chi connectivity index (χ2v) is 8.65. The first-order chi connectivity index (χ1) is 15.7. The van der Waals surface area contributed by atoms with E-state index in [9.17, 15) is 0 Å². The minimum Gasteiger partial charge on any atom is -0.454 e. The first kappa shape index (κ1) is 19.5. The summed E-state index contributed by atoms with van der Waals surface area (Å²) in [6.07, 6.45) is 0. The van der Waals surface area contributed by atoms with Gasteiger partial charge in [-0.1, -0.05) is 29.8 Å². The highest BCUT2D eigenvalue weighted by Crippen LogP contribution is 2.36. The molecule has 6 rings (SSSR count). The Bertz CT molecular complexity index is 1200. The highest BCUT2D eigenvalue weighted by atomic mass is 35.5. The summed E-state index contributed by atoms with van der Waals surface area (Å²) in [6.45, 7) is 4.95. The molecule has 0 saturated carbocycles. The molecule has 32 heavy (non-hydrogen) atoms. The Hall–Kier alpha value is -3.22. The fourth-order valence-electron chi connectivity index (χ4n) is 4.47. The highest BCUT2D eigenvalue weighted by Gasteiger charge is 2.25. The molecule has 1 N–H and O–H groups in total. The molecule has 0 unspecified atom stereocenters. The normalized spacial score (nSPS) is 17.2. The van der Waals surface area contributed by atoms with E-state index < -0.39 is 0 Å². The molecule has 0 spiro atoms. The third-order valence-corrected chi connectivity index (χ3v) is 6.37. The van der Waals surface area contributed by atoms with Crippen LogP contribution in [-0.4, -0.2) is 48.6 Å². The predicted molar refractivity (Wildman–Crippen MR) is 127 cm³/mol. The number of halogens is 1. The predicted octanol–water partition coefficient (Wildman–Crippen LogP) is 5.02. The zero-order valence-corrected chi connectivity index (χ0v) is 18.3. The van der Waals surface area contributed by atoms with Crippen LogP contribution in [0.2, 0.25) is 5.02 Å². The Kier molecular flexibility index (Phi) is 4.89. The summed E-state index contributed by atoms with van der Waals surface area (Å²) in [5.41, 5.74) is 5.25. The molecule has 3 aliphatic heterocycles. The smallest absolute Gasteiger partial charge is 0.231 e. The lowest BCUT2D eigenvalue weighted by Crippen LogP contribution is -2.48. The number of aliphatic imine (C=N–C) groups is 1. The van der Waals surface area contributed by atoms with Crippen LogP contribution in [0.15, 0.2) is 65.7 Å². The molecule has 1 fully saturated rings. The molecule has 162 valence electrons. The molecule has 3 heterocycles. The second kappa shape index (κ2) is 8.04. The van der Waals surface area contributed by atoms with Crippen LogP contribution in [0.25, 0.3) is 0 Å². The SMILES string of the molecule is Clc1ccc2c(c1)Nc1ccccc1N=C2N1CCN(Cc2ccc3c(c2)OCO3)CC1. The summed E-state index contributed by atoms with van der Waals surface area (Å²) in [4.78, 5) is 9.92. The zero-order chi connectivity index (χ0) is 21.5. The number of benzene rings is 3. The molecule has 6 nitrogen and oxygen atoms in total. The van der Waals surface area contributed by atoms with Gasteiger partial charge in [0.1, 0.15) is 5.84 Å². The molecule has 0 aromatic heterocycles. The molecule has 0 bridgehead atoms. The van der Waals surface area contributed by atoms with Crippen molar-refractivity contribution in [3.63, 3.8) is 0 Å². The minimum absolute atomic E-state index is 0.310. The largest absolute Gasteiger partial charge is 0.454 e. The van der Waals surface area contributed by atoms with E-state index in [0.29, 0.717) is 11.8 Å². The molecule has 3 aliphatic rings. The topological polar surface area (TPSA) is 49.3 Å². The van der Waals surface area contributed by atoms with Gasteiger partial charge < -0.3 is 19.7 Å². The van der Waals surface area contributed by atoms with E-state index >= 15 is 0 Å². The average molecular weight is 447 g/mol. The molecule has 3 aromatic carbocycles. The molecule has 3 aromatic rings. The van der Waals surface area contributed by atoms with Gasteiger partial charge in [-0.25, -0.2) is 4.99 Å². The minimum atomic E-state index is 0.310. The van der Waals surface area contributed by atoms with Crippen molar-refractivity contribution in [3.8, 4) is 11.5 Å². The first-order valence-corrected chi connectivity index (χ1v) is 11.2. The van der Waals surface area contributed by atoms with Gasteiger partial charge in [0.15, 0.2) is 11.5 Å². The Morgan fingerprint density at radius 2 is 1.72 bits per heavy atom. The van der Waals surface area contributed by atoms with Gasteiger partial charge in [-0.05, 0) is 48.0 Å². The van der Waals surface area contributed by atoms with Crippen LogP contribution in [0, 0.1) is 0 Å². The van der Waals surface area contributed by atoms with E-state index in [-0.39, 0.29) is 0 Å². The van der Waals surface area contributed by atoms with Crippen molar-refractivity contribution in [3.05, 3.63) is 76.8 Å². The summed E-state index contributed by atoms with van der Waals surface area (Å²) < 4.78 is 11.0. The quantitative estimate of drug-likeness (QED) is 0.598. The zero-order valence-electron chi connectivity index (χ0n) is 17.6. The number of para-hydroxylation sites is 2. The lowest BCUT2D eigenvalue weighted by Gasteiger charge is -2.36. The number of rotatable bonds is 2. The number of ether oxygens (including phenoxy) is 2. The fraction of sp³-hybridized carbons (Fsp3) is 0.240. The Labute approximate surface area is 192 Å². The summed E-state index contributed by atoms with van der Waals surface area (Å²) in [7, 11) is 0. The van der Waals surface area contributed by atoms with Crippen LogP contribution < -0.4 is 14.8 Å². The lowest BCUT2D eigenvalue weighted by molar-refractivity contribution is 0.172. The number of hydrogen-bond acceptors (Lipinski definition) is 6. The van der Waals surface area contributed by atoms with Crippen molar-refractivity contribution in [2.24, 2.45) is 4.99 Å². The maximum atomic E-state index is 6.30. The van der Waals surface area contributed by atoms with Gasteiger partial charge in [-0.3, -0.25) is 4.90 Å². The highest BCUT2D eigenvalue weighted by molar-refractivity contribution is 6.31. The monoisotopic (exact) mass is 446 g/mol. The van der Waals surface area contributed by atoms with Crippen molar-refractivity contribution in [2.75, 3.05) is 38.3 Å². The molecule has 0 radical (unpaired) electrons. The van der Waals surface area contributed by atoms with Crippen LogP contribution in [0.1, 0.15) is 11.1 Å². The van der Waals surface area contributed by atoms with Crippen LogP contribution in [0.5, 0.6) is 11.5 Å². The Morgan fingerprint density at radius 3 is 2.62 bits per heavy atom. The van der Waals surface area contributed by atoms with Crippen LogP contribution in [0.3, 0.4) is 0 Å². The standard InChI is InChI=1S/C25H23ClN4O2/c26-18-6-7-19-22(14-18)27-20-3-1-2-4-21(20)28-25(19)30-11-9-29(10-12-30)15-17-5-8-23-24(13-17)32-16-31-23/h1-8,13-14,27H,9-12,15-16H2. The lowest BCUT2D eigenvalue weighted by atomic mass is 10.1. The van der Waals surface area contributed by atoms with Gasteiger partial charge in [-0.2, -0.15) is 0 Å². The van der Waals surface area contributed by atoms with E-state index in [1.54, 1.807) is 0 Å². The summed E-state index contributed by atoms with van der Waals surface area (Å²) in [5, 5.41) is 4.23. The van der Waals surface area contributed by atoms with E-state index in [1.807, 2.05) is 36.4 Å². The Balaban J connectivity index is 1.22. The van der Waals surface area contributed by atoms with Crippen LogP contribution in [0.4, 0.5) is 17.1 Å².